The van der Waals surface area contributed by atoms with E-state index < -0.39 is 11.2 Å². The molecule has 0 N–H and O–H groups in total. The Hall–Kier alpha value is -1.25. The van der Waals surface area contributed by atoms with Crippen LogP contribution >= 0.6 is 0 Å². The molecule has 0 spiro atoms. The molecule has 0 saturated carbocycles. The van der Waals surface area contributed by atoms with Crippen molar-refractivity contribution in [2.24, 2.45) is 11.3 Å². The van der Waals surface area contributed by atoms with Crippen molar-refractivity contribution in [1.82, 2.24) is 0 Å². The quantitative estimate of drug-likeness (QED) is 0.527. The number of hydrogen-bond acceptors (Lipinski definition) is 3. The lowest BCUT2D eigenvalue weighted by atomic mass is 9.63. The van der Waals surface area contributed by atoms with Crippen molar-refractivity contribution in [3.05, 3.63) is 11.1 Å². The fraction of sp³-hybridized carbons (Fsp3) is 0.615. The van der Waals surface area contributed by atoms with Crippen molar-refractivity contribution >= 4 is 17.9 Å². The van der Waals surface area contributed by atoms with Crippen LogP contribution in [0.5, 0.6) is 0 Å². The summed E-state index contributed by atoms with van der Waals surface area (Å²) in [7, 11) is 0. The number of carbonyl (C=O) groups is 3. The first-order chi connectivity index (χ1) is 7.51. The molecule has 0 radical (unpaired) electrons. The zero-order chi connectivity index (χ0) is 11.9. The van der Waals surface area contributed by atoms with Crippen molar-refractivity contribution in [3.63, 3.8) is 0 Å². The third-order valence-electron chi connectivity index (χ3n) is 4.29. The van der Waals surface area contributed by atoms with E-state index in [0.29, 0.717) is 18.3 Å². The molecule has 0 aliphatic heterocycles. The topological polar surface area (TPSA) is 51.2 Å². The maximum absolute atomic E-state index is 11.9. The van der Waals surface area contributed by atoms with Crippen LogP contribution in [-0.2, 0) is 14.4 Å². The van der Waals surface area contributed by atoms with E-state index >= 15 is 0 Å². The molecule has 2 aliphatic rings. The largest absolute Gasteiger partial charge is 0.295 e. The molecule has 0 saturated heterocycles. The summed E-state index contributed by atoms with van der Waals surface area (Å²) >= 11 is 0. The molecule has 0 bridgehead atoms. The molecule has 16 heavy (non-hydrogen) atoms. The van der Waals surface area contributed by atoms with Gasteiger partial charge in [-0.25, -0.2) is 0 Å². The summed E-state index contributed by atoms with van der Waals surface area (Å²) in [5.74, 6) is -0.298. The smallest absolute Gasteiger partial charge is 0.205 e. The molecule has 0 heterocycles. The van der Waals surface area contributed by atoms with Crippen LogP contribution in [0, 0.1) is 11.3 Å². The molecule has 86 valence electrons. The summed E-state index contributed by atoms with van der Waals surface area (Å²) in [5, 5.41) is 0. The lowest BCUT2D eigenvalue weighted by molar-refractivity contribution is -0.137. The first kappa shape index (κ1) is 11.2. The summed E-state index contributed by atoms with van der Waals surface area (Å²) in [6, 6.07) is 0. The van der Waals surface area contributed by atoms with Gasteiger partial charge in [0.05, 0.1) is 5.41 Å². The predicted octanol–water partition coefficient (Wildman–Crippen LogP) is 1.85. The Balaban J connectivity index is 2.55. The van der Waals surface area contributed by atoms with Crippen LogP contribution in [0.2, 0.25) is 0 Å². The fourth-order valence-corrected chi connectivity index (χ4v) is 3.03. The van der Waals surface area contributed by atoms with Gasteiger partial charge in [-0.15, -0.1) is 0 Å². The monoisotopic (exact) mass is 220 g/mol. The summed E-state index contributed by atoms with van der Waals surface area (Å²) in [5.41, 5.74) is 0.910. The third kappa shape index (κ3) is 1.30. The standard InChI is InChI=1S/C13H16O3/c1-8-3-4-9-5-6-10(15)12(9)13(8,2)11(16)7-14/h7-8H,3-6H2,1-2H3/t8-,13+/m1/s1. The number of ketones is 2. The zero-order valence-electron chi connectivity index (χ0n) is 9.71. The van der Waals surface area contributed by atoms with Crippen molar-refractivity contribution in [1.29, 1.82) is 0 Å². The number of Topliss-reactive ketones (excluding diaryl/α,β-unsaturated/α-hetero) is 2. The second-order valence-corrected chi connectivity index (χ2v) is 5.03. The van der Waals surface area contributed by atoms with Crippen LogP contribution < -0.4 is 0 Å². The minimum absolute atomic E-state index is 0.0688. The maximum atomic E-state index is 11.9. The highest BCUT2D eigenvalue weighted by Gasteiger charge is 2.49. The summed E-state index contributed by atoms with van der Waals surface area (Å²) in [4.78, 5) is 34.5. The normalized spacial score (nSPS) is 33.9. The van der Waals surface area contributed by atoms with Crippen molar-refractivity contribution < 1.29 is 14.4 Å². The van der Waals surface area contributed by atoms with Gasteiger partial charge in [0, 0.05) is 12.0 Å². The van der Waals surface area contributed by atoms with Crippen LogP contribution in [0.25, 0.3) is 0 Å². The minimum Gasteiger partial charge on any atom is -0.295 e. The van der Waals surface area contributed by atoms with E-state index in [1.165, 1.54) is 0 Å². The molecule has 2 aliphatic carbocycles. The van der Waals surface area contributed by atoms with Gasteiger partial charge >= 0.3 is 0 Å². The van der Waals surface area contributed by atoms with Gasteiger partial charge in [0.15, 0.2) is 12.1 Å². The van der Waals surface area contributed by atoms with Gasteiger partial charge in [-0.05, 0) is 32.1 Å². The Bertz CT molecular complexity index is 405. The van der Waals surface area contributed by atoms with E-state index in [9.17, 15) is 14.4 Å². The van der Waals surface area contributed by atoms with E-state index in [0.717, 1.165) is 24.8 Å². The lowest BCUT2D eigenvalue weighted by Gasteiger charge is -2.38. The van der Waals surface area contributed by atoms with Gasteiger partial charge in [0.2, 0.25) is 5.78 Å². The zero-order valence-corrected chi connectivity index (χ0v) is 9.71. The number of rotatable bonds is 2. The van der Waals surface area contributed by atoms with E-state index in [-0.39, 0.29) is 11.7 Å². The van der Waals surface area contributed by atoms with Crippen molar-refractivity contribution in [3.8, 4) is 0 Å². The van der Waals surface area contributed by atoms with Crippen LogP contribution in [0.15, 0.2) is 11.1 Å². The van der Waals surface area contributed by atoms with Gasteiger partial charge in [0.1, 0.15) is 0 Å². The molecule has 3 nitrogen and oxygen atoms in total. The second kappa shape index (κ2) is 3.65. The van der Waals surface area contributed by atoms with Crippen LogP contribution in [0.1, 0.15) is 39.5 Å². The van der Waals surface area contributed by atoms with E-state index in [1.807, 2.05) is 6.92 Å². The molecule has 2 rings (SSSR count). The highest BCUT2D eigenvalue weighted by molar-refractivity contribution is 6.30. The maximum Gasteiger partial charge on any atom is 0.205 e. The second-order valence-electron chi connectivity index (χ2n) is 5.03. The van der Waals surface area contributed by atoms with Crippen LogP contribution in [0.3, 0.4) is 0 Å². The molecule has 0 aromatic heterocycles. The van der Waals surface area contributed by atoms with Crippen molar-refractivity contribution in [2.75, 3.05) is 0 Å². The molecule has 3 heteroatoms. The first-order valence-electron chi connectivity index (χ1n) is 5.77. The Morgan fingerprint density at radius 1 is 1.38 bits per heavy atom. The number of hydrogen-bond donors (Lipinski definition) is 0. The number of allylic oxidation sites excluding steroid dienone is 2. The molecule has 0 aromatic rings. The predicted molar refractivity (Wildman–Crippen MR) is 58.8 cm³/mol. The third-order valence-corrected chi connectivity index (χ3v) is 4.29. The average Bonchev–Trinajstić information content (AvgIpc) is 2.65. The fourth-order valence-electron chi connectivity index (χ4n) is 3.03. The molecular weight excluding hydrogens is 204 g/mol. The Labute approximate surface area is 94.9 Å². The Morgan fingerprint density at radius 2 is 2.06 bits per heavy atom. The molecule has 0 unspecified atom stereocenters. The van der Waals surface area contributed by atoms with Crippen LogP contribution in [-0.4, -0.2) is 17.9 Å². The average molecular weight is 220 g/mol. The lowest BCUT2D eigenvalue weighted by Crippen LogP contribution is -2.41. The molecular formula is C13H16O3. The molecule has 0 fully saturated rings. The number of carbonyl (C=O) groups excluding carboxylic acids is 3. The summed E-state index contributed by atoms with van der Waals surface area (Å²) in [6.45, 7) is 3.71. The highest BCUT2D eigenvalue weighted by Crippen LogP contribution is 2.49. The van der Waals surface area contributed by atoms with Gasteiger partial charge in [0.25, 0.3) is 0 Å². The van der Waals surface area contributed by atoms with E-state index in [4.69, 9.17) is 0 Å². The van der Waals surface area contributed by atoms with Crippen LogP contribution in [0.4, 0.5) is 0 Å². The van der Waals surface area contributed by atoms with Gasteiger partial charge in [-0.1, -0.05) is 12.5 Å². The van der Waals surface area contributed by atoms with Gasteiger partial charge in [-0.2, -0.15) is 0 Å². The Morgan fingerprint density at radius 3 is 2.69 bits per heavy atom. The molecule has 0 amide bonds. The first-order valence-corrected chi connectivity index (χ1v) is 5.77. The minimum atomic E-state index is -0.858. The summed E-state index contributed by atoms with van der Waals surface area (Å²) < 4.78 is 0. The molecule has 0 aromatic carbocycles. The SMILES string of the molecule is C[C@@H]1CCC2=C(C(=O)CC2)[C@]1(C)C(=O)C=O. The van der Waals surface area contributed by atoms with E-state index in [1.54, 1.807) is 6.92 Å². The highest BCUT2D eigenvalue weighted by atomic mass is 16.2. The number of aldehydes is 1. The van der Waals surface area contributed by atoms with E-state index in [2.05, 4.69) is 0 Å². The summed E-state index contributed by atoms with van der Waals surface area (Å²) in [6.07, 6.45) is 3.46. The van der Waals surface area contributed by atoms with Gasteiger partial charge < -0.3 is 0 Å². The Kier molecular flexibility index (Phi) is 2.56. The van der Waals surface area contributed by atoms with Gasteiger partial charge in [-0.3, -0.25) is 14.4 Å². The molecule has 2 atom stereocenters. The van der Waals surface area contributed by atoms with Crippen molar-refractivity contribution in [2.45, 2.75) is 39.5 Å².